The highest BCUT2D eigenvalue weighted by atomic mass is 16.4. The van der Waals surface area contributed by atoms with Gasteiger partial charge in [0.25, 0.3) is 0 Å². The molecular weight excluding hydrogens is 296 g/mol. The Hall–Kier alpha value is -1.59. The summed E-state index contributed by atoms with van der Waals surface area (Å²) in [4.78, 5) is 40.4. The van der Waals surface area contributed by atoms with Gasteiger partial charge in [0.2, 0.25) is 11.8 Å². The minimum atomic E-state index is -0.955. The summed E-state index contributed by atoms with van der Waals surface area (Å²) >= 11 is 0. The molecule has 23 heavy (non-hydrogen) atoms. The van der Waals surface area contributed by atoms with Gasteiger partial charge < -0.3 is 14.9 Å². The number of carboxylic acids is 1. The fourth-order valence-electron chi connectivity index (χ4n) is 3.88. The Morgan fingerprint density at radius 3 is 2.35 bits per heavy atom. The smallest absolute Gasteiger partial charge is 0.326 e. The minimum absolute atomic E-state index is 0.00608. The van der Waals surface area contributed by atoms with Gasteiger partial charge in [0, 0.05) is 19.0 Å². The molecule has 2 aliphatic heterocycles. The molecule has 0 aromatic heterocycles. The van der Waals surface area contributed by atoms with Crippen molar-refractivity contribution in [3.05, 3.63) is 0 Å². The number of nitrogens with zero attached hydrogens (tertiary/aromatic N) is 2. The number of carboxylic acid groups (broad SMARTS) is 1. The highest BCUT2D eigenvalue weighted by Crippen LogP contribution is 2.40. The largest absolute Gasteiger partial charge is 0.480 e. The van der Waals surface area contributed by atoms with Crippen LogP contribution in [0.4, 0.5) is 0 Å². The second-order valence-electron chi connectivity index (χ2n) is 7.51. The number of rotatable bonds is 5. The summed E-state index contributed by atoms with van der Waals surface area (Å²) in [6.45, 7) is 8.60. The standard InChI is InChI=1S/C17H28N2O4/c1-11(2)10-13(15(21)22)18-9-7-17(16(18)23)6-5-8-19(17)14(20)12(3)4/h11-13H,5-10H2,1-4H3,(H,21,22)/t13-,17?/m1/s1. The molecule has 2 saturated heterocycles. The summed E-state index contributed by atoms with van der Waals surface area (Å²) in [5.74, 6) is -1.09. The van der Waals surface area contributed by atoms with Gasteiger partial charge in [-0.05, 0) is 31.6 Å². The van der Waals surface area contributed by atoms with Crippen LogP contribution in [0.25, 0.3) is 0 Å². The van der Waals surface area contributed by atoms with Crippen molar-refractivity contribution in [3.8, 4) is 0 Å². The van der Waals surface area contributed by atoms with E-state index >= 15 is 0 Å². The first-order chi connectivity index (χ1) is 10.7. The van der Waals surface area contributed by atoms with Crippen molar-refractivity contribution in [3.63, 3.8) is 0 Å². The molecule has 6 heteroatoms. The lowest BCUT2D eigenvalue weighted by molar-refractivity contribution is -0.154. The zero-order chi connectivity index (χ0) is 17.4. The van der Waals surface area contributed by atoms with Gasteiger partial charge in [0.05, 0.1) is 0 Å². The molecule has 0 saturated carbocycles. The molecule has 1 unspecified atom stereocenters. The van der Waals surface area contributed by atoms with Gasteiger partial charge in [-0.25, -0.2) is 4.79 Å². The molecular formula is C17H28N2O4. The molecule has 130 valence electrons. The third-order valence-corrected chi connectivity index (χ3v) is 5.03. The third-order valence-electron chi connectivity index (χ3n) is 5.03. The monoisotopic (exact) mass is 324 g/mol. The van der Waals surface area contributed by atoms with E-state index in [0.29, 0.717) is 32.4 Å². The van der Waals surface area contributed by atoms with Crippen LogP contribution in [-0.4, -0.2) is 57.4 Å². The van der Waals surface area contributed by atoms with E-state index in [1.165, 1.54) is 4.90 Å². The molecule has 0 aromatic rings. The lowest BCUT2D eigenvalue weighted by Gasteiger charge is -2.35. The molecule has 2 heterocycles. The molecule has 0 radical (unpaired) electrons. The summed E-state index contributed by atoms with van der Waals surface area (Å²) in [6, 6.07) is -0.793. The lowest BCUT2D eigenvalue weighted by Crippen LogP contribution is -2.55. The van der Waals surface area contributed by atoms with E-state index in [-0.39, 0.29) is 23.7 Å². The van der Waals surface area contributed by atoms with Gasteiger partial charge in [0.1, 0.15) is 11.6 Å². The maximum Gasteiger partial charge on any atom is 0.326 e. The van der Waals surface area contributed by atoms with Crippen LogP contribution in [0, 0.1) is 11.8 Å². The van der Waals surface area contributed by atoms with E-state index in [9.17, 15) is 19.5 Å². The SMILES string of the molecule is CC(C)C[C@H](C(=O)O)N1CCC2(CCCN2C(=O)C(C)C)C1=O. The van der Waals surface area contributed by atoms with Crippen molar-refractivity contribution in [1.82, 2.24) is 9.80 Å². The van der Waals surface area contributed by atoms with Crippen molar-refractivity contribution in [2.75, 3.05) is 13.1 Å². The zero-order valence-corrected chi connectivity index (χ0v) is 14.5. The maximum atomic E-state index is 13.1. The van der Waals surface area contributed by atoms with Crippen molar-refractivity contribution in [1.29, 1.82) is 0 Å². The Balaban J connectivity index is 2.26. The summed E-state index contributed by atoms with van der Waals surface area (Å²) < 4.78 is 0. The molecule has 0 aliphatic carbocycles. The van der Waals surface area contributed by atoms with E-state index in [0.717, 1.165) is 6.42 Å². The first-order valence-corrected chi connectivity index (χ1v) is 8.56. The minimum Gasteiger partial charge on any atom is -0.480 e. The topological polar surface area (TPSA) is 77.9 Å². The molecule has 2 aliphatic rings. The van der Waals surface area contributed by atoms with E-state index < -0.39 is 17.6 Å². The van der Waals surface area contributed by atoms with E-state index in [4.69, 9.17) is 0 Å². The first kappa shape index (κ1) is 17.8. The van der Waals surface area contributed by atoms with Crippen molar-refractivity contribution in [2.24, 2.45) is 11.8 Å². The Labute approximate surface area is 137 Å². The van der Waals surface area contributed by atoms with Crippen LogP contribution < -0.4 is 0 Å². The van der Waals surface area contributed by atoms with Crippen LogP contribution in [0.5, 0.6) is 0 Å². The van der Waals surface area contributed by atoms with E-state index in [1.54, 1.807) is 4.90 Å². The normalized spacial score (nSPS) is 25.9. The van der Waals surface area contributed by atoms with Crippen LogP contribution in [0.15, 0.2) is 0 Å². The Morgan fingerprint density at radius 2 is 1.83 bits per heavy atom. The number of likely N-dealkylation sites (tertiary alicyclic amines) is 2. The van der Waals surface area contributed by atoms with E-state index in [2.05, 4.69) is 0 Å². The van der Waals surface area contributed by atoms with Crippen molar-refractivity contribution in [2.45, 2.75) is 65.0 Å². The summed E-state index contributed by atoms with van der Waals surface area (Å²) in [7, 11) is 0. The molecule has 1 spiro atoms. The quantitative estimate of drug-likeness (QED) is 0.835. The average molecular weight is 324 g/mol. The Morgan fingerprint density at radius 1 is 1.17 bits per heavy atom. The van der Waals surface area contributed by atoms with Gasteiger partial charge in [-0.1, -0.05) is 27.7 Å². The number of aliphatic carboxylic acids is 1. The van der Waals surface area contributed by atoms with Crippen molar-refractivity contribution >= 4 is 17.8 Å². The highest BCUT2D eigenvalue weighted by Gasteiger charge is 2.56. The number of carbonyl (C=O) groups excluding carboxylic acids is 2. The number of amides is 2. The summed E-state index contributed by atoms with van der Waals surface area (Å²) in [5.41, 5.74) is -0.800. The van der Waals surface area contributed by atoms with Crippen LogP contribution in [-0.2, 0) is 14.4 Å². The molecule has 2 amide bonds. The summed E-state index contributed by atoms with van der Waals surface area (Å²) in [5, 5.41) is 9.52. The molecule has 2 rings (SSSR count). The first-order valence-electron chi connectivity index (χ1n) is 8.56. The van der Waals surface area contributed by atoms with Gasteiger partial charge >= 0.3 is 5.97 Å². The molecule has 6 nitrogen and oxygen atoms in total. The van der Waals surface area contributed by atoms with Crippen LogP contribution in [0.2, 0.25) is 0 Å². The second-order valence-corrected chi connectivity index (χ2v) is 7.51. The average Bonchev–Trinajstić information content (AvgIpc) is 3.02. The van der Waals surface area contributed by atoms with Gasteiger partial charge in [0.15, 0.2) is 0 Å². The van der Waals surface area contributed by atoms with Gasteiger partial charge in [-0.2, -0.15) is 0 Å². The van der Waals surface area contributed by atoms with Crippen molar-refractivity contribution < 1.29 is 19.5 Å². The highest BCUT2D eigenvalue weighted by molar-refractivity contribution is 5.96. The van der Waals surface area contributed by atoms with Crippen LogP contribution >= 0.6 is 0 Å². The number of hydrogen-bond donors (Lipinski definition) is 1. The fourth-order valence-corrected chi connectivity index (χ4v) is 3.88. The molecule has 0 bridgehead atoms. The Bertz CT molecular complexity index is 503. The van der Waals surface area contributed by atoms with Crippen LogP contribution in [0.1, 0.15) is 53.4 Å². The third kappa shape index (κ3) is 3.08. The van der Waals surface area contributed by atoms with Crippen LogP contribution in [0.3, 0.4) is 0 Å². The zero-order valence-electron chi connectivity index (χ0n) is 14.5. The fraction of sp³-hybridized carbons (Fsp3) is 0.824. The lowest BCUT2D eigenvalue weighted by atomic mass is 9.93. The predicted octanol–water partition coefficient (Wildman–Crippen LogP) is 1.74. The number of carbonyl (C=O) groups is 3. The predicted molar refractivity (Wildman–Crippen MR) is 85.7 cm³/mol. The molecule has 2 atom stereocenters. The summed E-state index contributed by atoms with van der Waals surface area (Å²) in [6.07, 6.45) is 2.44. The Kier molecular flexibility index (Phi) is 5.01. The molecule has 0 aromatic carbocycles. The molecule has 2 fully saturated rings. The molecule has 1 N–H and O–H groups in total. The van der Waals surface area contributed by atoms with Gasteiger partial charge in [-0.3, -0.25) is 9.59 Å². The number of hydrogen-bond acceptors (Lipinski definition) is 3. The van der Waals surface area contributed by atoms with Gasteiger partial charge in [-0.15, -0.1) is 0 Å². The maximum absolute atomic E-state index is 13.1. The second kappa shape index (κ2) is 6.49. The van der Waals surface area contributed by atoms with E-state index in [1.807, 2.05) is 27.7 Å².